The Bertz CT molecular complexity index is 808. The predicted octanol–water partition coefficient (Wildman–Crippen LogP) is 3.22. The summed E-state index contributed by atoms with van der Waals surface area (Å²) in [4.78, 5) is 30.7. The first-order chi connectivity index (χ1) is 13.0. The van der Waals surface area contributed by atoms with Crippen LogP contribution in [0.1, 0.15) is 40.5 Å². The van der Waals surface area contributed by atoms with Crippen molar-refractivity contribution in [3.8, 4) is 11.5 Å². The number of carbonyl (C=O) groups is 2. The summed E-state index contributed by atoms with van der Waals surface area (Å²) in [5.74, 6) is 0.556. The number of benzene rings is 1. The first-order valence-electron chi connectivity index (χ1n) is 8.74. The number of methoxy groups -OCH3 is 2. The summed E-state index contributed by atoms with van der Waals surface area (Å²) in [7, 11) is 4.81. The van der Waals surface area contributed by atoms with Gasteiger partial charge in [0.25, 0.3) is 11.8 Å². The van der Waals surface area contributed by atoms with E-state index in [4.69, 9.17) is 9.47 Å². The standard InChI is InChI=1S/C20H25N3O4/c1-5-6-9-23(2)20(25)15-10-14(12-21-13-15)19(24)22-17-8-7-16(26-3)11-18(17)27-4/h7-8,10-13H,5-6,9H2,1-4H3,(H,22,24). The van der Waals surface area contributed by atoms with Crippen LogP contribution in [0.5, 0.6) is 11.5 Å². The lowest BCUT2D eigenvalue weighted by Gasteiger charge is -2.17. The molecule has 0 radical (unpaired) electrons. The molecule has 0 aliphatic carbocycles. The zero-order valence-corrected chi connectivity index (χ0v) is 16.1. The Hall–Kier alpha value is -3.09. The fraction of sp³-hybridized carbons (Fsp3) is 0.350. The number of pyridine rings is 1. The van der Waals surface area contributed by atoms with Gasteiger partial charge in [-0.05, 0) is 24.6 Å². The van der Waals surface area contributed by atoms with Crippen molar-refractivity contribution in [2.45, 2.75) is 19.8 Å². The molecule has 0 atom stereocenters. The first-order valence-corrected chi connectivity index (χ1v) is 8.74. The Morgan fingerprint density at radius 2 is 1.85 bits per heavy atom. The van der Waals surface area contributed by atoms with Crippen LogP contribution in [0.4, 0.5) is 5.69 Å². The smallest absolute Gasteiger partial charge is 0.257 e. The topological polar surface area (TPSA) is 80.8 Å². The maximum Gasteiger partial charge on any atom is 0.257 e. The highest BCUT2D eigenvalue weighted by molar-refractivity contribution is 6.06. The van der Waals surface area contributed by atoms with Crippen molar-refractivity contribution in [3.05, 3.63) is 47.8 Å². The summed E-state index contributed by atoms with van der Waals surface area (Å²) >= 11 is 0. The quantitative estimate of drug-likeness (QED) is 0.771. The summed E-state index contributed by atoms with van der Waals surface area (Å²) in [6.07, 6.45) is 4.82. The second kappa shape index (κ2) is 9.56. The number of carbonyl (C=O) groups excluding carboxylic acids is 2. The van der Waals surface area contributed by atoms with Gasteiger partial charge in [-0.25, -0.2) is 0 Å². The minimum absolute atomic E-state index is 0.160. The second-order valence-electron chi connectivity index (χ2n) is 6.06. The molecule has 1 aromatic heterocycles. The van der Waals surface area contributed by atoms with Gasteiger partial charge in [0.15, 0.2) is 0 Å². The molecule has 0 saturated carbocycles. The van der Waals surface area contributed by atoms with E-state index in [-0.39, 0.29) is 11.8 Å². The molecule has 1 N–H and O–H groups in total. The number of hydrogen-bond donors (Lipinski definition) is 1. The molecule has 2 amide bonds. The highest BCUT2D eigenvalue weighted by atomic mass is 16.5. The van der Waals surface area contributed by atoms with Crippen LogP contribution in [0.2, 0.25) is 0 Å². The Balaban J connectivity index is 2.17. The molecule has 27 heavy (non-hydrogen) atoms. The number of rotatable bonds is 8. The zero-order valence-electron chi connectivity index (χ0n) is 16.1. The number of ether oxygens (including phenoxy) is 2. The molecule has 1 heterocycles. The highest BCUT2D eigenvalue weighted by Gasteiger charge is 2.16. The second-order valence-corrected chi connectivity index (χ2v) is 6.06. The molecule has 0 bridgehead atoms. The lowest BCUT2D eigenvalue weighted by atomic mass is 10.1. The molecule has 0 unspecified atom stereocenters. The van der Waals surface area contributed by atoms with Crippen LogP contribution in [0.15, 0.2) is 36.7 Å². The molecule has 144 valence electrons. The van der Waals surface area contributed by atoms with E-state index in [9.17, 15) is 9.59 Å². The maximum atomic E-state index is 12.6. The number of hydrogen-bond acceptors (Lipinski definition) is 5. The van der Waals surface area contributed by atoms with Gasteiger partial charge >= 0.3 is 0 Å². The van der Waals surface area contributed by atoms with E-state index in [1.165, 1.54) is 19.5 Å². The summed E-state index contributed by atoms with van der Waals surface area (Å²) in [6.45, 7) is 2.73. The number of aromatic nitrogens is 1. The van der Waals surface area contributed by atoms with Gasteiger partial charge in [-0.1, -0.05) is 13.3 Å². The average Bonchev–Trinajstić information content (AvgIpc) is 2.71. The zero-order chi connectivity index (χ0) is 19.8. The molecular weight excluding hydrogens is 346 g/mol. The van der Waals surface area contributed by atoms with E-state index in [1.54, 1.807) is 43.3 Å². The van der Waals surface area contributed by atoms with Crippen molar-refractivity contribution in [1.82, 2.24) is 9.88 Å². The Kier molecular flexibility index (Phi) is 7.16. The third kappa shape index (κ3) is 5.20. The van der Waals surface area contributed by atoms with Crippen molar-refractivity contribution in [3.63, 3.8) is 0 Å². The fourth-order valence-corrected chi connectivity index (χ4v) is 2.49. The van der Waals surface area contributed by atoms with E-state index < -0.39 is 0 Å². The minimum Gasteiger partial charge on any atom is -0.497 e. The molecule has 2 rings (SSSR count). The molecule has 2 aromatic rings. The number of unbranched alkanes of at least 4 members (excludes halogenated alkanes) is 1. The maximum absolute atomic E-state index is 12.6. The van der Waals surface area contributed by atoms with Crippen LogP contribution >= 0.6 is 0 Å². The highest BCUT2D eigenvalue weighted by Crippen LogP contribution is 2.29. The molecule has 7 heteroatoms. The SMILES string of the molecule is CCCCN(C)C(=O)c1cncc(C(=O)Nc2ccc(OC)cc2OC)c1. The number of nitrogens with zero attached hydrogens (tertiary/aromatic N) is 2. The van der Waals surface area contributed by atoms with Gasteiger partial charge in [0, 0.05) is 32.1 Å². The third-order valence-electron chi connectivity index (χ3n) is 4.10. The van der Waals surface area contributed by atoms with Gasteiger partial charge in [0.05, 0.1) is 31.0 Å². The third-order valence-corrected chi connectivity index (χ3v) is 4.10. The summed E-state index contributed by atoms with van der Waals surface area (Å²) < 4.78 is 10.4. The van der Waals surface area contributed by atoms with Gasteiger partial charge < -0.3 is 19.7 Å². The van der Waals surface area contributed by atoms with Crippen LogP contribution in [-0.2, 0) is 0 Å². The van der Waals surface area contributed by atoms with E-state index in [2.05, 4.69) is 17.2 Å². The molecule has 0 saturated heterocycles. The number of nitrogens with one attached hydrogen (secondary N) is 1. The number of anilines is 1. The number of amides is 2. The molecule has 7 nitrogen and oxygen atoms in total. The Morgan fingerprint density at radius 3 is 2.52 bits per heavy atom. The van der Waals surface area contributed by atoms with Crippen LogP contribution in [0.25, 0.3) is 0 Å². The Morgan fingerprint density at radius 1 is 1.11 bits per heavy atom. The average molecular weight is 371 g/mol. The van der Waals surface area contributed by atoms with E-state index in [1.807, 2.05) is 0 Å². The van der Waals surface area contributed by atoms with Gasteiger partial charge in [0.1, 0.15) is 11.5 Å². The van der Waals surface area contributed by atoms with Gasteiger partial charge in [0.2, 0.25) is 0 Å². The van der Waals surface area contributed by atoms with Crippen molar-refractivity contribution < 1.29 is 19.1 Å². The predicted molar refractivity (Wildman–Crippen MR) is 104 cm³/mol. The summed E-state index contributed by atoms with van der Waals surface area (Å²) in [5.41, 5.74) is 1.17. The molecule has 0 fully saturated rings. The first kappa shape index (κ1) is 20.2. The van der Waals surface area contributed by atoms with Crippen LogP contribution in [-0.4, -0.2) is 49.5 Å². The fourth-order valence-electron chi connectivity index (χ4n) is 2.49. The van der Waals surface area contributed by atoms with Gasteiger partial charge in [-0.3, -0.25) is 14.6 Å². The lowest BCUT2D eigenvalue weighted by Crippen LogP contribution is -2.28. The van der Waals surface area contributed by atoms with E-state index >= 15 is 0 Å². The van der Waals surface area contributed by atoms with Crippen molar-refractivity contribution in [2.24, 2.45) is 0 Å². The van der Waals surface area contributed by atoms with E-state index in [0.717, 1.165) is 12.8 Å². The molecule has 0 aliphatic rings. The Labute approximate surface area is 159 Å². The van der Waals surface area contributed by atoms with Crippen molar-refractivity contribution in [1.29, 1.82) is 0 Å². The van der Waals surface area contributed by atoms with Crippen LogP contribution < -0.4 is 14.8 Å². The summed E-state index contributed by atoms with van der Waals surface area (Å²) in [5, 5.41) is 2.77. The normalized spacial score (nSPS) is 10.2. The van der Waals surface area contributed by atoms with Crippen LogP contribution in [0.3, 0.4) is 0 Å². The largest absolute Gasteiger partial charge is 0.497 e. The molecule has 0 spiro atoms. The van der Waals surface area contributed by atoms with Gasteiger partial charge in [-0.2, -0.15) is 0 Å². The van der Waals surface area contributed by atoms with Crippen LogP contribution in [0, 0.1) is 0 Å². The molecule has 1 aromatic carbocycles. The van der Waals surface area contributed by atoms with Crippen molar-refractivity contribution >= 4 is 17.5 Å². The lowest BCUT2D eigenvalue weighted by molar-refractivity contribution is 0.0793. The minimum atomic E-state index is -0.378. The van der Waals surface area contributed by atoms with E-state index in [0.29, 0.717) is 34.9 Å². The molecular formula is C20H25N3O4. The van der Waals surface area contributed by atoms with Gasteiger partial charge in [-0.15, -0.1) is 0 Å². The molecule has 0 aliphatic heterocycles. The van der Waals surface area contributed by atoms with Crippen molar-refractivity contribution in [2.75, 3.05) is 33.1 Å². The monoisotopic (exact) mass is 371 g/mol. The summed E-state index contributed by atoms with van der Waals surface area (Å²) in [6, 6.07) is 6.63.